The Bertz CT molecular complexity index is 905. The highest BCUT2D eigenvalue weighted by Crippen LogP contribution is 2.37. The van der Waals surface area contributed by atoms with Crippen LogP contribution in [0.2, 0.25) is 0 Å². The van der Waals surface area contributed by atoms with E-state index < -0.39 is 5.97 Å². The van der Waals surface area contributed by atoms with Crippen LogP contribution in [0.4, 0.5) is 0 Å². The Morgan fingerprint density at radius 2 is 2.08 bits per heavy atom. The molecule has 0 aliphatic carbocycles. The van der Waals surface area contributed by atoms with Gasteiger partial charge in [0.05, 0.1) is 6.04 Å². The molecule has 132 valence electrons. The van der Waals surface area contributed by atoms with Crippen molar-refractivity contribution in [3.8, 4) is 0 Å². The number of nitrogens with one attached hydrogen (secondary N) is 1. The van der Waals surface area contributed by atoms with Crippen molar-refractivity contribution in [3.05, 3.63) is 75.7 Å². The molecule has 1 aliphatic heterocycles. The van der Waals surface area contributed by atoms with Gasteiger partial charge in [0.1, 0.15) is 5.69 Å². The van der Waals surface area contributed by atoms with Crippen molar-refractivity contribution < 1.29 is 14.3 Å². The minimum absolute atomic E-state index is 0.149. The number of nitrogens with zero attached hydrogens (tertiary/aromatic N) is 2. The number of hydrogen-bond acceptors (Lipinski definition) is 5. The van der Waals surface area contributed by atoms with Gasteiger partial charge in [0, 0.05) is 17.6 Å². The number of thiophene rings is 1. The number of hydrogen-bond donors (Lipinski definition) is 1. The zero-order valence-electron chi connectivity index (χ0n) is 13.9. The van der Waals surface area contributed by atoms with E-state index in [1.807, 2.05) is 30.3 Å². The van der Waals surface area contributed by atoms with Gasteiger partial charge in [0.15, 0.2) is 6.61 Å². The first-order valence-electron chi connectivity index (χ1n) is 8.31. The highest BCUT2D eigenvalue weighted by molar-refractivity contribution is 7.10. The van der Waals surface area contributed by atoms with Crippen LogP contribution < -0.4 is 0 Å². The molecule has 4 rings (SSSR count). The van der Waals surface area contributed by atoms with Gasteiger partial charge >= 0.3 is 5.97 Å². The third kappa shape index (κ3) is 3.13. The summed E-state index contributed by atoms with van der Waals surface area (Å²) in [6, 6.07) is 13.4. The van der Waals surface area contributed by atoms with Gasteiger partial charge in [-0.1, -0.05) is 30.3 Å². The first kappa shape index (κ1) is 16.5. The smallest absolute Gasteiger partial charge is 0.356 e. The predicted octanol–water partition coefficient (Wildman–Crippen LogP) is 2.80. The third-order valence-electron chi connectivity index (χ3n) is 4.45. The van der Waals surface area contributed by atoms with Crippen molar-refractivity contribution in [2.45, 2.75) is 12.5 Å². The topological polar surface area (TPSA) is 75.3 Å². The Hall–Kier alpha value is -2.93. The number of aromatic nitrogens is 2. The standard InChI is InChI=1S/C19H17N3O3S/c23-17(12-25-19(24)15-6-9-20-21-15)22-10-7-16-14(8-11-26-16)18(22)13-4-2-1-3-5-13/h1-6,8-9,11,18H,7,10,12H2,(H,20,21)/t18-/m0/s1. The van der Waals surface area contributed by atoms with E-state index in [4.69, 9.17) is 4.74 Å². The summed E-state index contributed by atoms with van der Waals surface area (Å²) >= 11 is 1.72. The molecule has 26 heavy (non-hydrogen) atoms. The molecule has 1 atom stereocenters. The van der Waals surface area contributed by atoms with Crippen LogP contribution in [0.3, 0.4) is 0 Å². The summed E-state index contributed by atoms with van der Waals surface area (Å²) in [5.74, 6) is -0.788. The second-order valence-corrected chi connectivity index (χ2v) is 7.00. The maximum atomic E-state index is 12.8. The van der Waals surface area contributed by atoms with E-state index >= 15 is 0 Å². The molecule has 0 spiro atoms. The molecule has 7 heteroatoms. The number of esters is 1. The number of amides is 1. The van der Waals surface area contributed by atoms with Gasteiger partial charge in [-0.15, -0.1) is 11.3 Å². The van der Waals surface area contributed by atoms with E-state index in [0.29, 0.717) is 6.54 Å². The molecule has 1 aromatic carbocycles. The van der Waals surface area contributed by atoms with Crippen molar-refractivity contribution >= 4 is 23.2 Å². The molecular formula is C19H17N3O3S. The number of carbonyl (C=O) groups is 2. The fourth-order valence-electron chi connectivity index (χ4n) is 3.24. The van der Waals surface area contributed by atoms with Gasteiger partial charge in [-0.05, 0) is 35.1 Å². The Morgan fingerprint density at radius 1 is 1.23 bits per heavy atom. The lowest BCUT2D eigenvalue weighted by Gasteiger charge is -2.36. The molecule has 0 bridgehead atoms. The first-order chi connectivity index (χ1) is 12.7. The van der Waals surface area contributed by atoms with Crippen molar-refractivity contribution in [1.82, 2.24) is 15.1 Å². The zero-order valence-corrected chi connectivity index (χ0v) is 14.7. The van der Waals surface area contributed by atoms with Crippen LogP contribution in [0.25, 0.3) is 0 Å². The van der Waals surface area contributed by atoms with Crippen LogP contribution in [0.5, 0.6) is 0 Å². The number of benzene rings is 1. The molecule has 0 radical (unpaired) electrons. The molecule has 2 aromatic heterocycles. The van der Waals surface area contributed by atoms with Crippen molar-refractivity contribution in [3.63, 3.8) is 0 Å². The van der Waals surface area contributed by atoms with Gasteiger partial charge < -0.3 is 9.64 Å². The zero-order chi connectivity index (χ0) is 17.9. The summed E-state index contributed by atoms with van der Waals surface area (Å²) in [4.78, 5) is 27.9. The number of carbonyl (C=O) groups excluding carboxylic acids is 2. The molecular weight excluding hydrogens is 350 g/mol. The number of rotatable bonds is 4. The van der Waals surface area contributed by atoms with Gasteiger partial charge in [0.2, 0.25) is 0 Å². The quantitative estimate of drug-likeness (QED) is 0.720. The van der Waals surface area contributed by atoms with Crippen molar-refractivity contribution in [2.75, 3.05) is 13.2 Å². The van der Waals surface area contributed by atoms with E-state index in [1.54, 1.807) is 16.2 Å². The second kappa shape index (κ2) is 7.13. The normalized spacial score (nSPS) is 16.2. The Balaban J connectivity index is 1.54. The monoisotopic (exact) mass is 367 g/mol. The van der Waals surface area contributed by atoms with E-state index in [9.17, 15) is 9.59 Å². The second-order valence-electron chi connectivity index (χ2n) is 6.00. The van der Waals surface area contributed by atoms with Crippen LogP contribution in [0.15, 0.2) is 54.0 Å². The summed E-state index contributed by atoms with van der Waals surface area (Å²) in [7, 11) is 0. The summed E-state index contributed by atoms with van der Waals surface area (Å²) in [5.41, 5.74) is 2.44. The highest BCUT2D eigenvalue weighted by atomic mass is 32.1. The van der Waals surface area contributed by atoms with Crippen LogP contribution in [-0.4, -0.2) is 40.1 Å². The summed E-state index contributed by atoms with van der Waals surface area (Å²) in [6.45, 7) is 0.314. The van der Waals surface area contributed by atoms with E-state index in [0.717, 1.165) is 17.5 Å². The van der Waals surface area contributed by atoms with Gasteiger partial charge in [0.25, 0.3) is 5.91 Å². The first-order valence-corrected chi connectivity index (χ1v) is 9.19. The molecule has 3 heterocycles. The van der Waals surface area contributed by atoms with E-state index in [1.165, 1.54) is 17.1 Å². The highest BCUT2D eigenvalue weighted by Gasteiger charge is 2.33. The molecule has 1 aliphatic rings. The average Bonchev–Trinajstić information content (AvgIpc) is 3.37. The fourth-order valence-corrected chi connectivity index (χ4v) is 4.14. The number of H-pyrrole nitrogens is 1. The van der Waals surface area contributed by atoms with Crippen LogP contribution in [0.1, 0.15) is 32.5 Å². The SMILES string of the molecule is O=C(OCC(=O)N1CCc2sccc2[C@@H]1c1ccccc1)c1ccn[nH]1. The number of fused-ring (bicyclic) bond motifs is 1. The van der Waals surface area contributed by atoms with E-state index in [-0.39, 0.29) is 24.2 Å². The average molecular weight is 367 g/mol. The van der Waals surface area contributed by atoms with Crippen molar-refractivity contribution in [1.29, 1.82) is 0 Å². The molecule has 0 saturated heterocycles. The number of ether oxygens (including phenoxy) is 1. The van der Waals surface area contributed by atoms with Gasteiger partial charge in [-0.25, -0.2) is 4.79 Å². The lowest BCUT2D eigenvalue weighted by molar-refractivity contribution is -0.136. The lowest BCUT2D eigenvalue weighted by Crippen LogP contribution is -2.42. The lowest BCUT2D eigenvalue weighted by atomic mass is 9.93. The van der Waals surface area contributed by atoms with Crippen LogP contribution in [0, 0.1) is 0 Å². The minimum Gasteiger partial charge on any atom is -0.451 e. The molecule has 1 N–H and O–H groups in total. The molecule has 0 saturated carbocycles. The summed E-state index contributed by atoms with van der Waals surface area (Å²) in [5, 5.41) is 8.31. The molecule has 0 unspecified atom stereocenters. The van der Waals surface area contributed by atoms with E-state index in [2.05, 4.69) is 21.6 Å². The van der Waals surface area contributed by atoms with Crippen LogP contribution in [-0.2, 0) is 16.0 Å². The van der Waals surface area contributed by atoms with Crippen LogP contribution >= 0.6 is 11.3 Å². The Kier molecular flexibility index (Phi) is 4.53. The predicted molar refractivity (Wildman–Crippen MR) is 96.9 cm³/mol. The summed E-state index contributed by atoms with van der Waals surface area (Å²) < 4.78 is 5.16. The molecule has 0 fully saturated rings. The van der Waals surface area contributed by atoms with Gasteiger partial charge in [-0.3, -0.25) is 9.89 Å². The maximum Gasteiger partial charge on any atom is 0.356 e. The Morgan fingerprint density at radius 3 is 2.85 bits per heavy atom. The molecule has 3 aromatic rings. The third-order valence-corrected chi connectivity index (χ3v) is 5.45. The summed E-state index contributed by atoms with van der Waals surface area (Å²) in [6.07, 6.45) is 2.28. The van der Waals surface area contributed by atoms with Gasteiger partial charge in [-0.2, -0.15) is 5.10 Å². The largest absolute Gasteiger partial charge is 0.451 e. The fraction of sp³-hybridized carbons (Fsp3) is 0.211. The Labute approximate surface area is 154 Å². The number of aromatic amines is 1. The molecule has 6 nitrogen and oxygen atoms in total. The van der Waals surface area contributed by atoms with Crippen molar-refractivity contribution in [2.24, 2.45) is 0 Å². The maximum absolute atomic E-state index is 12.8. The molecule has 1 amide bonds. The minimum atomic E-state index is -0.583.